The van der Waals surface area contributed by atoms with Crippen molar-refractivity contribution >= 4 is 15.7 Å². The number of sulfone groups is 1. The van der Waals surface area contributed by atoms with Crippen LogP contribution in [0.1, 0.15) is 19.3 Å². The fourth-order valence-electron chi connectivity index (χ4n) is 1.79. The van der Waals surface area contributed by atoms with Crippen LogP contribution in [0.25, 0.3) is 0 Å². The Morgan fingerprint density at radius 2 is 2.18 bits per heavy atom. The van der Waals surface area contributed by atoms with Gasteiger partial charge in [-0.1, -0.05) is 0 Å². The molecule has 0 aromatic rings. The van der Waals surface area contributed by atoms with Gasteiger partial charge in [-0.3, -0.25) is 4.79 Å². The van der Waals surface area contributed by atoms with Crippen LogP contribution in [-0.4, -0.2) is 51.6 Å². The third kappa shape index (κ3) is 5.99. The minimum atomic E-state index is -2.97. The van der Waals surface area contributed by atoms with Crippen LogP contribution >= 0.6 is 0 Å². The van der Waals surface area contributed by atoms with Gasteiger partial charge >= 0.3 is 0 Å². The third-order valence-corrected chi connectivity index (χ3v) is 4.38. The van der Waals surface area contributed by atoms with E-state index >= 15 is 0 Å². The second-order valence-corrected chi connectivity index (χ2v) is 6.40. The monoisotopic (exact) mass is 264 g/mol. The van der Waals surface area contributed by atoms with E-state index in [-0.39, 0.29) is 29.9 Å². The number of ether oxygens (including phenoxy) is 1. The van der Waals surface area contributed by atoms with E-state index in [0.29, 0.717) is 26.2 Å². The summed E-state index contributed by atoms with van der Waals surface area (Å²) in [7, 11) is -2.97. The van der Waals surface area contributed by atoms with Gasteiger partial charge in [-0.25, -0.2) is 8.42 Å². The fourth-order valence-corrected chi connectivity index (χ4v) is 3.42. The summed E-state index contributed by atoms with van der Waals surface area (Å²) in [5, 5.41) is 2.72. The molecule has 0 saturated carbocycles. The van der Waals surface area contributed by atoms with E-state index < -0.39 is 9.84 Å². The number of carbonyl (C=O) groups excluding carboxylic acids is 1. The van der Waals surface area contributed by atoms with E-state index in [1.54, 1.807) is 0 Å². The summed E-state index contributed by atoms with van der Waals surface area (Å²) in [6.45, 7) is 1.19. The molecule has 7 heteroatoms. The molecule has 1 unspecified atom stereocenters. The Labute approximate surface area is 102 Å². The van der Waals surface area contributed by atoms with Crippen molar-refractivity contribution < 1.29 is 17.9 Å². The quantitative estimate of drug-likeness (QED) is 0.602. The highest BCUT2D eigenvalue weighted by molar-refractivity contribution is 7.91. The predicted octanol–water partition coefficient (Wildman–Crippen LogP) is -0.955. The molecule has 1 saturated heterocycles. The van der Waals surface area contributed by atoms with Crippen LogP contribution in [0.15, 0.2) is 0 Å². The molecule has 3 N–H and O–H groups in total. The van der Waals surface area contributed by atoms with Crippen molar-refractivity contribution in [1.82, 2.24) is 5.32 Å². The molecule has 1 rings (SSSR count). The Balaban J connectivity index is 2.22. The van der Waals surface area contributed by atoms with Gasteiger partial charge < -0.3 is 15.8 Å². The van der Waals surface area contributed by atoms with Gasteiger partial charge in [-0.05, 0) is 12.8 Å². The zero-order valence-electron chi connectivity index (χ0n) is 9.85. The van der Waals surface area contributed by atoms with Crippen LogP contribution in [0.5, 0.6) is 0 Å². The van der Waals surface area contributed by atoms with Gasteiger partial charge in [-0.15, -0.1) is 0 Å². The van der Waals surface area contributed by atoms with E-state index in [1.807, 2.05) is 0 Å². The van der Waals surface area contributed by atoms with Crippen molar-refractivity contribution in [2.75, 3.05) is 31.3 Å². The number of hydrogen-bond donors (Lipinski definition) is 2. The fraction of sp³-hybridized carbons (Fsp3) is 0.900. The number of amides is 1. The van der Waals surface area contributed by atoms with Gasteiger partial charge in [0.2, 0.25) is 5.91 Å². The minimum absolute atomic E-state index is 0.0579. The molecule has 1 aliphatic rings. The maximum absolute atomic E-state index is 11.5. The van der Waals surface area contributed by atoms with Crippen molar-refractivity contribution in [2.45, 2.75) is 25.3 Å². The first-order valence-corrected chi connectivity index (χ1v) is 7.63. The summed E-state index contributed by atoms with van der Waals surface area (Å²) < 4.78 is 27.8. The van der Waals surface area contributed by atoms with E-state index in [2.05, 4.69) is 5.32 Å². The zero-order chi connectivity index (χ0) is 12.7. The van der Waals surface area contributed by atoms with Crippen molar-refractivity contribution in [3.8, 4) is 0 Å². The molecule has 0 aromatic carbocycles. The Hall–Kier alpha value is -0.660. The van der Waals surface area contributed by atoms with Crippen molar-refractivity contribution in [3.05, 3.63) is 0 Å². The van der Waals surface area contributed by atoms with Gasteiger partial charge in [0.1, 0.15) is 0 Å². The topological polar surface area (TPSA) is 98.5 Å². The molecular weight excluding hydrogens is 244 g/mol. The summed E-state index contributed by atoms with van der Waals surface area (Å²) in [6, 6.07) is -0.240. The van der Waals surface area contributed by atoms with Crippen LogP contribution in [0.2, 0.25) is 0 Å². The maximum Gasteiger partial charge on any atom is 0.222 e. The smallest absolute Gasteiger partial charge is 0.222 e. The van der Waals surface area contributed by atoms with E-state index in [0.717, 1.165) is 6.42 Å². The minimum Gasteiger partial charge on any atom is -0.380 e. The normalized spacial score (nSPS) is 23.2. The average Bonchev–Trinajstić information content (AvgIpc) is 2.23. The summed E-state index contributed by atoms with van der Waals surface area (Å²) in [4.78, 5) is 11.5. The Morgan fingerprint density at radius 1 is 1.41 bits per heavy atom. The van der Waals surface area contributed by atoms with Crippen LogP contribution in [0.3, 0.4) is 0 Å². The van der Waals surface area contributed by atoms with Crippen LogP contribution in [0.4, 0.5) is 0 Å². The molecule has 1 heterocycles. The van der Waals surface area contributed by atoms with Gasteiger partial charge in [0.15, 0.2) is 9.84 Å². The lowest BCUT2D eigenvalue weighted by molar-refractivity contribution is -0.122. The molecule has 100 valence electrons. The molecule has 0 spiro atoms. The van der Waals surface area contributed by atoms with Gasteiger partial charge in [0.05, 0.1) is 24.7 Å². The van der Waals surface area contributed by atoms with Crippen molar-refractivity contribution in [3.63, 3.8) is 0 Å². The molecule has 0 aliphatic carbocycles. The van der Waals surface area contributed by atoms with E-state index in [9.17, 15) is 13.2 Å². The molecular formula is C10H20N2O4S. The van der Waals surface area contributed by atoms with Crippen LogP contribution < -0.4 is 11.1 Å². The predicted molar refractivity (Wildman–Crippen MR) is 64.3 cm³/mol. The number of nitrogens with one attached hydrogen (secondary N) is 1. The lowest BCUT2D eigenvalue weighted by Gasteiger charge is -2.22. The first kappa shape index (κ1) is 14.4. The lowest BCUT2D eigenvalue weighted by atomic mass is 10.2. The number of rotatable bonds is 6. The summed E-state index contributed by atoms with van der Waals surface area (Å²) in [5.74, 6) is 0.130. The standard InChI is InChI=1S/C10H20N2O4S/c11-4-6-16-5-3-10(13)12-9-2-1-7-17(14,15)8-9/h9H,1-8,11H2,(H,12,13). The highest BCUT2D eigenvalue weighted by Crippen LogP contribution is 2.11. The zero-order valence-corrected chi connectivity index (χ0v) is 10.7. The Bertz CT molecular complexity index is 342. The van der Waals surface area contributed by atoms with Gasteiger partial charge in [0.25, 0.3) is 0 Å². The summed E-state index contributed by atoms with van der Waals surface area (Å²) in [5.41, 5.74) is 5.23. The van der Waals surface area contributed by atoms with E-state index in [1.165, 1.54) is 0 Å². The Morgan fingerprint density at radius 3 is 2.82 bits per heavy atom. The summed E-state index contributed by atoms with van der Waals surface area (Å²) >= 11 is 0. The first-order chi connectivity index (χ1) is 8.03. The van der Waals surface area contributed by atoms with Crippen molar-refractivity contribution in [1.29, 1.82) is 0 Å². The third-order valence-electron chi connectivity index (χ3n) is 2.56. The second kappa shape index (κ2) is 6.93. The molecule has 1 amide bonds. The highest BCUT2D eigenvalue weighted by Gasteiger charge is 2.25. The molecule has 1 aliphatic heterocycles. The first-order valence-electron chi connectivity index (χ1n) is 5.81. The number of nitrogens with two attached hydrogens (primary N) is 1. The van der Waals surface area contributed by atoms with Crippen molar-refractivity contribution in [2.24, 2.45) is 5.73 Å². The molecule has 0 radical (unpaired) electrons. The van der Waals surface area contributed by atoms with Gasteiger partial charge in [-0.2, -0.15) is 0 Å². The number of hydrogen-bond acceptors (Lipinski definition) is 5. The Kier molecular flexibility index (Phi) is 5.87. The van der Waals surface area contributed by atoms with Gasteiger partial charge in [0, 0.05) is 19.0 Å². The molecule has 0 aromatic heterocycles. The average molecular weight is 264 g/mol. The second-order valence-electron chi connectivity index (χ2n) is 4.17. The maximum atomic E-state index is 11.5. The van der Waals surface area contributed by atoms with Crippen LogP contribution in [-0.2, 0) is 19.4 Å². The highest BCUT2D eigenvalue weighted by atomic mass is 32.2. The lowest BCUT2D eigenvalue weighted by Crippen LogP contribution is -2.43. The SMILES string of the molecule is NCCOCCC(=O)NC1CCCS(=O)(=O)C1. The summed E-state index contributed by atoms with van der Waals surface area (Å²) in [6.07, 6.45) is 1.60. The molecule has 17 heavy (non-hydrogen) atoms. The molecule has 0 bridgehead atoms. The largest absolute Gasteiger partial charge is 0.380 e. The molecule has 1 fully saturated rings. The van der Waals surface area contributed by atoms with E-state index in [4.69, 9.17) is 10.5 Å². The number of carbonyl (C=O) groups is 1. The van der Waals surface area contributed by atoms with Crippen LogP contribution in [0, 0.1) is 0 Å². The molecule has 1 atom stereocenters. The molecule has 6 nitrogen and oxygen atoms in total.